The predicted octanol–water partition coefficient (Wildman–Crippen LogP) is 1.22. The number of aromatic nitrogens is 2. The van der Waals surface area contributed by atoms with E-state index in [0.29, 0.717) is 0 Å². The normalized spacial score (nSPS) is 11.8. The second-order valence-electron chi connectivity index (χ2n) is 4.38. The van der Waals surface area contributed by atoms with Crippen LogP contribution in [0.3, 0.4) is 0 Å². The van der Waals surface area contributed by atoms with Crippen molar-refractivity contribution in [1.29, 1.82) is 0 Å². The largest absolute Gasteiger partial charge is 0.396 e. The van der Waals surface area contributed by atoms with Crippen molar-refractivity contribution in [2.75, 3.05) is 5.73 Å². The van der Waals surface area contributed by atoms with Gasteiger partial charge in [0.2, 0.25) is 0 Å². The third-order valence-corrected chi connectivity index (χ3v) is 3.56. The lowest BCUT2D eigenvalue weighted by atomic mass is 10.3. The molecule has 0 atom stereocenters. The Bertz CT molecular complexity index is 305. The summed E-state index contributed by atoms with van der Waals surface area (Å²) in [6, 6.07) is 0. The molecule has 0 aliphatic heterocycles. The highest BCUT2D eigenvalue weighted by atomic mass is 28.3. The fraction of sp³-hybridized carbons (Fsp3) is 0.556. The van der Waals surface area contributed by atoms with Crippen molar-refractivity contribution in [3.05, 3.63) is 11.4 Å². The van der Waals surface area contributed by atoms with E-state index in [0.717, 1.165) is 22.5 Å². The Kier molecular flexibility index (Phi) is 2.43. The smallest absolute Gasteiger partial charge is 0.125 e. The molecule has 1 heterocycles. The Morgan fingerprint density at radius 1 is 1.00 bits per heavy atom. The number of nitrogen functional groups attached to an aromatic ring is 1. The van der Waals surface area contributed by atoms with Crippen LogP contribution in [-0.2, 0) is 0 Å². The molecule has 1 rings (SSSR count). The second-order valence-corrected chi connectivity index (χ2v) is 9.33. The maximum atomic E-state index is 5.78. The first-order valence-electron chi connectivity index (χ1n) is 4.43. The van der Waals surface area contributed by atoms with Gasteiger partial charge >= 0.3 is 0 Å². The molecule has 2 N–H and O–H groups in total. The lowest BCUT2D eigenvalue weighted by Gasteiger charge is -2.16. The molecule has 0 aromatic carbocycles. The Balaban J connectivity index is 3.29. The van der Waals surface area contributed by atoms with Crippen LogP contribution in [-0.4, -0.2) is 18.0 Å². The lowest BCUT2D eigenvalue weighted by Crippen LogP contribution is -2.43. The Morgan fingerprint density at radius 3 is 1.69 bits per heavy atom. The van der Waals surface area contributed by atoms with Crippen molar-refractivity contribution in [3.8, 4) is 0 Å². The Labute approximate surface area is 80.4 Å². The molecule has 0 unspecified atom stereocenters. The van der Waals surface area contributed by atoms with Crippen LogP contribution in [0.1, 0.15) is 11.4 Å². The number of anilines is 1. The highest BCUT2D eigenvalue weighted by Gasteiger charge is 2.21. The molecule has 0 saturated carbocycles. The van der Waals surface area contributed by atoms with Crippen LogP contribution in [0.2, 0.25) is 19.6 Å². The molecule has 72 valence electrons. The predicted molar refractivity (Wildman–Crippen MR) is 58.9 cm³/mol. The van der Waals surface area contributed by atoms with E-state index in [1.54, 1.807) is 0 Å². The molecule has 0 spiro atoms. The average Bonchev–Trinajstić information content (AvgIpc) is 1.97. The average molecular weight is 195 g/mol. The first-order chi connectivity index (χ1) is 5.82. The molecule has 1 aromatic heterocycles. The van der Waals surface area contributed by atoms with E-state index in [1.807, 2.05) is 13.8 Å². The topological polar surface area (TPSA) is 51.8 Å². The number of hydrogen-bond donors (Lipinski definition) is 1. The Morgan fingerprint density at radius 2 is 1.38 bits per heavy atom. The standard InChI is InChI=1S/C9H17N3Si/c1-6-8(10)7(2)12-9(11-6)13(3,4)5/h10H2,1-5H3. The van der Waals surface area contributed by atoms with Crippen molar-refractivity contribution in [3.63, 3.8) is 0 Å². The summed E-state index contributed by atoms with van der Waals surface area (Å²) in [7, 11) is -1.40. The van der Waals surface area contributed by atoms with Crippen LogP contribution in [0.4, 0.5) is 5.69 Å². The monoisotopic (exact) mass is 195 g/mol. The van der Waals surface area contributed by atoms with Gasteiger partial charge in [-0.2, -0.15) is 0 Å². The zero-order valence-corrected chi connectivity index (χ0v) is 9.97. The van der Waals surface area contributed by atoms with E-state index in [2.05, 4.69) is 29.6 Å². The van der Waals surface area contributed by atoms with E-state index >= 15 is 0 Å². The molecule has 3 nitrogen and oxygen atoms in total. The van der Waals surface area contributed by atoms with Crippen molar-refractivity contribution >= 4 is 19.2 Å². The first kappa shape index (κ1) is 10.2. The molecule has 0 radical (unpaired) electrons. The van der Waals surface area contributed by atoms with Gasteiger partial charge < -0.3 is 5.73 Å². The summed E-state index contributed by atoms with van der Waals surface area (Å²) in [6.45, 7) is 10.6. The second kappa shape index (κ2) is 3.10. The van der Waals surface area contributed by atoms with Gasteiger partial charge in [0, 0.05) is 0 Å². The van der Waals surface area contributed by atoms with E-state index < -0.39 is 8.07 Å². The van der Waals surface area contributed by atoms with Crippen LogP contribution in [0.5, 0.6) is 0 Å². The maximum Gasteiger partial charge on any atom is 0.125 e. The molecular formula is C9H17N3Si. The van der Waals surface area contributed by atoms with E-state index in [1.165, 1.54) is 0 Å². The highest BCUT2D eigenvalue weighted by molar-refractivity contribution is 6.87. The summed E-state index contributed by atoms with van der Waals surface area (Å²) < 4.78 is 0. The zero-order valence-electron chi connectivity index (χ0n) is 8.97. The van der Waals surface area contributed by atoms with E-state index in [9.17, 15) is 0 Å². The molecule has 0 amide bonds. The first-order valence-corrected chi connectivity index (χ1v) is 7.93. The minimum Gasteiger partial charge on any atom is -0.396 e. The van der Waals surface area contributed by atoms with Gasteiger partial charge in [0.25, 0.3) is 0 Å². The SMILES string of the molecule is Cc1nc([Si](C)(C)C)nc(C)c1N. The number of hydrogen-bond acceptors (Lipinski definition) is 3. The van der Waals surface area contributed by atoms with Gasteiger partial charge in [0.05, 0.1) is 17.1 Å². The third-order valence-electron chi connectivity index (χ3n) is 2.00. The van der Waals surface area contributed by atoms with Gasteiger partial charge in [-0.3, -0.25) is 0 Å². The van der Waals surface area contributed by atoms with Crippen molar-refractivity contribution in [1.82, 2.24) is 9.97 Å². The van der Waals surface area contributed by atoms with Gasteiger partial charge in [-0.15, -0.1) is 0 Å². The van der Waals surface area contributed by atoms with Crippen molar-refractivity contribution in [2.24, 2.45) is 0 Å². The van der Waals surface area contributed by atoms with Crippen LogP contribution >= 0.6 is 0 Å². The number of aryl methyl sites for hydroxylation is 2. The molecule has 4 heteroatoms. The number of rotatable bonds is 1. The quantitative estimate of drug-likeness (QED) is 0.686. The van der Waals surface area contributed by atoms with Gasteiger partial charge in [-0.1, -0.05) is 19.6 Å². The molecule has 0 aliphatic rings. The van der Waals surface area contributed by atoms with Crippen LogP contribution in [0.25, 0.3) is 0 Å². The van der Waals surface area contributed by atoms with E-state index in [4.69, 9.17) is 5.73 Å². The molecule has 0 saturated heterocycles. The van der Waals surface area contributed by atoms with Crippen LogP contribution in [0.15, 0.2) is 0 Å². The third kappa shape index (κ3) is 2.06. The van der Waals surface area contributed by atoms with Crippen LogP contribution in [0, 0.1) is 13.8 Å². The summed E-state index contributed by atoms with van der Waals surface area (Å²) in [5.41, 5.74) is 9.32. The number of nitrogens with two attached hydrogens (primary N) is 1. The van der Waals surface area contributed by atoms with Gasteiger partial charge in [-0.25, -0.2) is 9.97 Å². The molecule has 0 bridgehead atoms. The summed E-state index contributed by atoms with van der Waals surface area (Å²) in [4.78, 5) is 8.86. The lowest BCUT2D eigenvalue weighted by molar-refractivity contribution is 1.10. The maximum absolute atomic E-state index is 5.78. The van der Waals surface area contributed by atoms with Crippen molar-refractivity contribution in [2.45, 2.75) is 33.5 Å². The molecule has 13 heavy (non-hydrogen) atoms. The van der Waals surface area contributed by atoms with Gasteiger partial charge in [0.15, 0.2) is 0 Å². The summed E-state index contributed by atoms with van der Waals surface area (Å²) in [6.07, 6.45) is 0. The summed E-state index contributed by atoms with van der Waals surface area (Å²) >= 11 is 0. The number of nitrogens with zero attached hydrogens (tertiary/aromatic N) is 2. The minimum absolute atomic E-state index is 0.724. The zero-order chi connectivity index (χ0) is 10.2. The fourth-order valence-electron chi connectivity index (χ4n) is 1.06. The van der Waals surface area contributed by atoms with Crippen molar-refractivity contribution < 1.29 is 0 Å². The summed E-state index contributed by atoms with van der Waals surface area (Å²) in [5.74, 6) is 0. The van der Waals surface area contributed by atoms with Crippen LogP contribution < -0.4 is 11.2 Å². The molecule has 0 aliphatic carbocycles. The minimum atomic E-state index is -1.40. The molecule has 0 fully saturated rings. The Hall–Kier alpha value is -0.903. The highest BCUT2D eigenvalue weighted by Crippen LogP contribution is 2.10. The summed E-state index contributed by atoms with van der Waals surface area (Å²) in [5, 5.41) is 0. The molecule has 1 aromatic rings. The fourth-order valence-corrected chi connectivity index (χ4v) is 2.07. The van der Waals surface area contributed by atoms with Gasteiger partial charge in [0.1, 0.15) is 13.5 Å². The molecular weight excluding hydrogens is 178 g/mol. The van der Waals surface area contributed by atoms with E-state index in [-0.39, 0.29) is 0 Å². The van der Waals surface area contributed by atoms with Gasteiger partial charge in [-0.05, 0) is 13.8 Å².